The van der Waals surface area contributed by atoms with Gasteiger partial charge in [0, 0.05) is 33.5 Å². The van der Waals surface area contributed by atoms with Gasteiger partial charge in [-0.3, -0.25) is 4.98 Å². The minimum Gasteiger partial charge on any atom is -0.378 e. The topological polar surface area (TPSA) is 46.0 Å². The third-order valence-electron chi connectivity index (χ3n) is 2.81. The van der Waals surface area contributed by atoms with Gasteiger partial charge in [0.15, 0.2) is 0 Å². The maximum absolute atomic E-state index is 4.38. The van der Waals surface area contributed by atoms with Gasteiger partial charge < -0.3 is 14.8 Å². The van der Waals surface area contributed by atoms with E-state index >= 15 is 0 Å². The number of anilines is 2. The van der Waals surface area contributed by atoms with E-state index < -0.39 is 0 Å². The van der Waals surface area contributed by atoms with Crippen molar-refractivity contribution in [3.63, 3.8) is 0 Å². The fraction of sp³-hybridized carbons (Fsp3) is 0.385. The number of hydrogen-bond donors (Lipinski definition) is 1. The molecule has 96 valence electrons. The number of pyridine rings is 1. The van der Waals surface area contributed by atoms with Gasteiger partial charge in [-0.15, -0.1) is 0 Å². The molecule has 1 N–H and O–H groups in total. The summed E-state index contributed by atoms with van der Waals surface area (Å²) in [5.74, 6) is 0.953. The summed E-state index contributed by atoms with van der Waals surface area (Å²) >= 11 is 0. The number of rotatable bonds is 4. The van der Waals surface area contributed by atoms with E-state index in [0.717, 1.165) is 29.4 Å². The Morgan fingerprint density at radius 1 is 1.28 bits per heavy atom. The van der Waals surface area contributed by atoms with Gasteiger partial charge >= 0.3 is 0 Å². The Hall–Kier alpha value is -2.04. The second-order valence-corrected chi connectivity index (χ2v) is 4.61. The van der Waals surface area contributed by atoms with Gasteiger partial charge in [0.05, 0.1) is 24.1 Å². The first-order valence-corrected chi connectivity index (χ1v) is 5.91. The fourth-order valence-corrected chi connectivity index (χ4v) is 1.86. The van der Waals surface area contributed by atoms with E-state index in [0.29, 0.717) is 0 Å². The van der Waals surface area contributed by atoms with Crippen molar-refractivity contribution in [3.05, 3.63) is 35.9 Å². The highest BCUT2D eigenvalue weighted by Crippen LogP contribution is 2.13. The lowest BCUT2D eigenvalue weighted by molar-refractivity contribution is 0.813. The summed E-state index contributed by atoms with van der Waals surface area (Å²) in [6.07, 6.45) is 5.57. The number of hydrogen-bond acceptors (Lipinski definition) is 4. The van der Waals surface area contributed by atoms with E-state index in [1.165, 1.54) is 0 Å². The zero-order valence-electron chi connectivity index (χ0n) is 11.3. The van der Waals surface area contributed by atoms with Crippen molar-refractivity contribution < 1.29 is 0 Å². The monoisotopic (exact) mass is 245 g/mol. The predicted octanol–water partition coefficient (Wildman–Crippen LogP) is 1.80. The molecule has 0 aliphatic heterocycles. The highest BCUT2D eigenvalue weighted by Gasteiger charge is 2.07. The third-order valence-corrected chi connectivity index (χ3v) is 2.81. The van der Waals surface area contributed by atoms with Crippen LogP contribution in [0.3, 0.4) is 0 Å². The van der Waals surface area contributed by atoms with Crippen LogP contribution in [0.4, 0.5) is 11.6 Å². The van der Waals surface area contributed by atoms with E-state index in [1.807, 2.05) is 51.6 Å². The molecule has 0 saturated carbocycles. The van der Waals surface area contributed by atoms with Gasteiger partial charge in [0.1, 0.15) is 0 Å². The van der Waals surface area contributed by atoms with Crippen LogP contribution in [-0.2, 0) is 13.6 Å². The Kier molecular flexibility index (Phi) is 3.50. The lowest BCUT2D eigenvalue weighted by atomic mass is 10.3. The quantitative estimate of drug-likeness (QED) is 0.892. The van der Waals surface area contributed by atoms with Gasteiger partial charge in [-0.25, -0.2) is 4.98 Å². The fourth-order valence-electron chi connectivity index (χ4n) is 1.86. The van der Waals surface area contributed by atoms with Crippen LogP contribution in [0, 0.1) is 6.92 Å². The van der Waals surface area contributed by atoms with Crippen LogP contribution < -0.4 is 10.2 Å². The molecule has 0 fully saturated rings. The van der Waals surface area contributed by atoms with Gasteiger partial charge in [-0.2, -0.15) is 0 Å². The minimum atomic E-state index is 0.739. The van der Waals surface area contributed by atoms with Crippen molar-refractivity contribution >= 4 is 11.6 Å². The largest absolute Gasteiger partial charge is 0.378 e. The molecule has 2 rings (SSSR count). The highest BCUT2D eigenvalue weighted by atomic mass is 15.3. The molecule has 2 aromatic rings. The molecule has 0 saturated heterocycles. The molecule has 0 aliphatic carbocycles. The molecule has 0 unspecified atom stereocenters. The molecular formula is C13H19N5. The lowest BCUT2D eigenvalue weighted by Gasteiger charge is -2.13. The Balaban J connectivity index is 2.07. The number of aromatic nitrogens is 3. The van der Waals surface area contributed by atoms with Gasteiger partial charge in [-0.05, 0) is 18.6 Å². The maximum atomic E-state index is 4.38. The predicted molar refractivity (Wildman–Crippen MR) is 73.8 cm³/mol. The van der Waals surface area contributed by atoms with E-state index in [1.54, 1.807) is 0 Å². The van der Waals surface area contributed by atoms with Crippen LogP contribution in [0.15, 0.2) is 24.7 Å². The van der Waals surface area contributed by atoms with Crippen LogP contribution in [0.1, 0.15) is 11.3 Å². The molecule has 18 heavy (non-hydrogen) atoms. The second-order valence-electron chi connectivity index (χ2n) is 4.61. The zero-order valence-corrected chi connectivity index (χ0v) is 11.3. The smallest absolute Gasteiger partial charge is 0.204 e. The van der Waals surface area contributed by atoms with Crippen molar-refractivity contribution in [1.82, 2.24) is 14.5 Å². The Morgan fingerprint density at radius 2 is 2.06 bits per heavy atom. The first kappa shape index (κ1) is 12.4. The van der Waals surface area contributed by atoms with Crippen LogP contribution in [0.2, 0.25) is 0 Å². The average Bonchev–Trinajstić information content (AvgIpc) is 2.68. The maximum Gasteiger partial charge on any atom is 0.204 e. The number of aryl methyl sites for hydroxylation is 1. The van der Waals surface area contributed by atoms with Crippen LogP contribution in [0.5, 0.6) is 0 Å². The molecule has 0 aliphatic rings. The SMILES string of the molecule is Cc1cncc(NCc2cnc(N(C)C)n2C)c1. The van der Waals surface area contributed by atoms with Crippen LogP contribution in [-0.4, -0.2) is 28.6 Å². The standard InChI is InChI=1S/C13H19N5/c1-10-5-11(7-14-6-10)15-8-12-9-16-13(17(2)3)18(12)4/h5-7,9,15H,8H2,1-4H3. The Bertz CT molecular complexity index is 530. The number of nitrogens with zero attached hydrogens (tertiary/aromatic N) is 4. The van der Waals surface area contributed by atoms with Crippen LogP contribution >= 0.6 is 0 Å². The summed E-state index contributed by atoms with van der Waals surface area (Å²) in [4.78, 5) is 10.5. The van der Waals surface area contributed by atoms with Crippen molar-refractivity contribution in [2.75, 3.05) is 24.3 Å². The van der Waals surface area contributed by atoms with Gasteiger partial charge in [0.2, 0.25) is 5.95 Å². The Morgan fingerprint density at radius 3 is 2.67 bits per heavy atom. The Labute approximate surface area is 107 Å². The summed E-state index contributed by atoms with van der Waals surface area (Å²) < 4.78 is 2.08. The molecule has 0 atom stereocenters. The summed E-state index contributed by atoms with van der Waals surface area (Å²) in [5.41, 5.74) is 3.32. The summed E-state index contributed by atoms with van der Waals surface area (Å²) in [6.45, 7) is 2.77. The summed E-state index contributed by atoms with van der Waals surface area (Å²) in [5, 5.41) is 3.35. The van der Waals surface area contributed by atoms with E-state index in [2.05, 4.69) is 25.9 Å². The van der Waals surface area contributed by atoms with Crippen LogP contribution in [0.25, 0.3) is 0 Å². The van der Waals surface area contributed by atoms with Crippen molar-refractivity contribution in [2.45, 2.75) is 13.5 Å². The minimum absolute atomic E-state index is 0.739. The molecule has 0 radical (unpaired) electrons. The molecule has 5 heteroatoms. The number of imidazole rings is 1. The molecular weight excluding hydrogens is 226 g/mol. The lowest BCUT2D eigenvalue weighted by Crippen LogP contribution is -2.15. The molecule has 0 aromatic carbocycles. The molecule has 2 aromatic heterocycles. The van der Waals surface area contributed by atoms with E-state index in [-0.39, 0.29) is 0 Å². The van der Waals surface area contributed by atoms with Crippen molar-refractivity contribution in [1.29, 1.82) is 0 Å². The average molecular weight is 245 g/mol. The summed E-state index contributed by atoms with van der Waals surface area (Å²) in [6, 6.07) is 2.08. The van der Waals surface area contributed by atoms with Crippen molar-refractivity contribution in [2.24, 2.45) is 7.05 Å². The van der Waals surface area contributed by atoms with Gasteiger partial charge in [0.25, 0.3) is 0 Å². The second kappa shape index (κ2) is 5.08. The first-order valence-electron chi connectivity index (χ1n) is 5.91. The molecule has 0 bridgehead atoms. The number of nitrogens with one attached hydrogen (secondary N) is 1. The third kappa shape index (κ3) is 2.61. The highest BCUT2D eigenvalue weighted by molar-refractivity contribution is 5.43. The zero-order chi connectivity index (χ0) is 13.1. The first-order chi connectivity index (χ1) is 8.58. The molecule has 2 heterocycles. The van der Waals surface area contributed by atoms with E-state index in [9.17, 15) is 0 Å². The molecule has 0 spiro atoms. The van der Waals surface area contributed by atoms with Gasteiger partial charge in [-0.1, -0.05) is 0 Å². The van der Waals surface area contributed by atoms with E-state index in [4.69, 9.17) is 0 Å². The normalized spacial score (nSPS) is 10.4. The molecule has 5 nitrogen and oxygen atoms in total. The summed E-state index contributed by atoms with van der Waals surface area (Å²) in [7, 11) is 6.00. The van der Waals surface area contributed by atoms with Crippen molar-refractivity contribution in [3.8, 4) is 0 Å². The molecule has 0 amide bonds.